The molecule has 0 unspecified atom stereocenters. The molecule has 1 saturated carbocycles. The predicted molar refractivity (Wildman–Crippen MR) is 98.8 cm³/mol. The number of methoxy groups -OCH3 is 2. The fourth-order valence-electron chi connectivity index (χ4n) is 3.71. The lowest BCUT2D eigenvalue weighted by Crippen LogP contribution is -2.42. The maximum absolute atomic E-state index is 12.8. The van der Waals surface area contributed by atoms with E-state index in [0.29, 0.717) is 38.3 Å². The number of likely N-dealkylation sites (tertiary alicyclic amines) is 1. The van der Waals surface area contributed by atoms with E-state index in [4.69, 9.17) is 9.47 Å². The van der Waals surface area contributed by atoms with Crippen LogP contribution in [-0.2, 0) is 32.4 Å². The Labute approximate surface area is 156 Å². The number of hydrogen-bond acceptors (Lipinski definition) is 6. The zero-order valence-corrected chi connectivity index (χ0v) is 16.7. The van der Waals surface area contributed by atoms with Gasteiger partial charge in [0.05, 0.1) is 30.9 Å². The third-order valence-corrected chi connectivity index (χ3v) is 7.12. The van der Waals surface area contributed by atoms with Crippen LogP contribution in [0.25, 0.3) is 0 Å². The number of sulfone groups is 1. The molecule has 0 amide bonds. The maximum Gasteiger partial charge on any atom is 0.227 e. The second-order valence-corrected chi connectivity index (χ2v) is 9.40. The number of rotatable bonds is 10. The molecule has 1 aliphatic carbocycles. The van der Waals surface area contributed by atoms with Crippen molar-refractivity contribution in [1.29, 1.82) is 0 Å². The number of imidazole rings is 1. The molecule has 1 aromatic rings. The largest absolute Gasteiger partial charge is 0.383 e. The fourth-order valence-corrected chi connectivity index (χ4v) is 5.58. The Bertz CT molecular complexity index is 683. The highest BCUT2D eigenvalue weighted by Gasteiger charge is 2.33. The highest BCUT2D eigenvalue weighted by atomic mass is 32.2. The first-order chi connectivity index (χ1) is 12.5. The van der Waals surface area contributed by atoms with Crippen molar-refractivity contribution in [2.75, 3.05) is 39.7 Å². The number of ether oxygens (including phenoxy) is 2. The summed E-state index contributed by atoms with van der Waals surface area (Å²) in [6.07, 6.45) is 7.25. The van der Waals surface area contributed by atoms with Crippen molar-refractivity contribution in [3.8, 4) is 0 Å². The normalized spacial score (nSPS) is 22.0. The van der Waals surface area contributed by atoms with Crippen molar-refractivity contribution in [2.45, 2.75) is 56.4 Å². The van der Waals surface area contributed by atoms with Crippen LogP contribution in [0.5, 0.6) is 0 Å². The van der Waals surface area contributed by atoms with E-state index >= 15 is 0 Å². The lowest BCUT2D eigenvalue weighted by molar-refractivity contribution is 0.0580. The third-order valence-electron chi connectivity index (χ3n) is 5.32. The average molecular weight is 386 g/mol. The highest BCUT2D eigenvalue weighted by molar-refractivity contribution is 7.91. The number of nitrogens with zero attached hydrogens (tertiary/aromatic N) is 3. The predicted octanol–water partition coefficient (Wildman–Crippen LogP) is 1.71. The van der Waals surface area contributed by atoms with E-state index in [2.05, 4.69) is 9.88 Å². The first kappa shape index (κ1) is 19.8. The molecule has 1 atom stereocenters. The van der Waals surface area contributed by atoms with Gasteiger partial charge in [0.15, 0.2) is 0 Å². The summed E-state index contributed by atoms with van der Waals surface area (Å²) in [5.74, 6) is 0.524. The minimum Gasteiger partial charge on any atom is -0.383 e. The van der Waals surface area contributed by atoms with Gasteiger partial charge in [-0.25, -0.2) is 13.4 Å². The summed E-state index contributed by atoms with van der Waals surface area (Å²) in [6.45, 7) is 3.39. The Morgan fingerprint density at radius 3 is 2.69 bits per heavy atom. The summed E-state index contributed by atoms with van der Waals surface area (Å²) in [7, 11) is 0.0187. The topological polar surface area (TPSA) is 73.7 Å². The van der Waals surface area contributed by atoms with E-state index in [1.165, 1.54) is 12.8 Å². The van der Waals surface area contributed by atoms with Gasteiger partial charge in [0.25, 0.3) is 0 Å². The Kier molecular flexibility index (Phi) is 6.71. The van der Waals surface area contributed by atoms with Crippen LogP contribution in [0.1, 0.15) is 37.8 Å². The SMILES string of the molecule is COCCn1c(CN2CCCC[C@H]2COC)cnc1S(=O)(=O)CC1CC1. The van der Waals surface area contributed by atoms with E-state index in [1.54, 1.807) is 20.4 Å². The second kappa shape index (κ2) is 8.82. The first-order valence-corrected chi connectivity index (χ1v) is 11.2. The fraction of sp³-hybridized carbons (Fsp3) is 0.833. The van der Waals surface area contributed by atoms with Crippen molar-refractivity contribution in [3.05, 3.63) is 11.9 Å². The maximum atomic E-state index is 12.8. The van der Waals surface area contributed by atoms with E-state index in [0.717, 1.165) is 31.5 Å². The Morgan fingerprint density at radius 2 is 2.00 bits per heavy atom. The lowest BCUT2D eigenvalue weighted by Gasteiger charge is -2.35. The van der Waals surface area contributed by atoms with Crippen LogP contribution in [0, 0.1) is 5.92 Å². The van der Waals surface area contributed by atoms with Gasteiger partial charge in [-0.3, -0.25) is 4.90 Å². The van der Waals surface area contributed by atoms with Crippen LogP contribution in [0.4, 0.5) is 0 Å². The zero-order valence-electron chi connectivity index (χ0n) is 15.9. The molecule has 2 aliphatic rings. The molecule has 8 heteroatoms. The van der Waals surface area contributed by atoms with Gasteiger partial charge in [-0.2, -0.15) is 0 Å². The van der Waals surface area contributed by atoms with Gasteiger partial charge in [0.1, 0.15) is 0 Å². The molecule has 0 bridgehead atoms. The van der Waals surface area contributed by atoms with E-state index < -0.39 is 9.84 Å². The zero-order chi connectivity index (χ0) is 18.6. The van der Waals surface area contributed by atoms with Gasteiger partial charge < -0.3 is 14.0 Å². The van der Waals surface area contributed by atoms with Gasteiger partial charge in [-0.05, 0) is 38.1 Å². The van der Waals surface area contributed by atoms with Crippen LogP contribution >= 0.6 is 0 Å². The molecule has 1 aromatic heterocycles. The molecule has 0 aromatic carbocycles. The van der Waals surface area contributed by atoms with Gasteiger partial charge >= 0.3 is 0 Å². The molecule has 1 saturated heterocycles. The molecule has 0 spiro atoms. The van der Waals surface area contributed by atoms with E-state index in [1.807, 2.05) is 4.57 Å². The van der Waals surface area contributed by atoms with Crippen molar-refractivity contribution < 1.29 is 17.9 Å². The molecular formula is C18H31N3O4S. The molecule has 3 rings (SSSR count). The minimum absolute atomic E-state index is 0.205. The van der Waals surface area contributed by atoms with Crippen LogP contribution in [0.15, 0.2) is 11.4 Å². The van der Waals surface area contributed by atoms with Gasteiger partial charge in [-0.1, -0.05) is 6.42 Å². The summed E-state index contributed by atoms with van der Waals surface area (Å²) in [6, 6.07) is 0.381. The van der Waals surface area contributed by atoms with Gasteiger partial charge in [0.2, 0.25) is 15.0 Å². The molecule has 2 heterocycles. The van der Waals surface area contributed by atoms with Gasteiger partial charge in [-0.15, -0.1) is 0 Å². The Balaban J connectivity index is 1.81. The van der Waals surface area contributed by atoms with Crippen LogP contribution in [0.3, 0.4) is 0 Å². The summed E-state index contributed by atoms with van der Waals surface area (Å²) >= 11 is 0. The monoisotopic (exact) mass is 385 g/mol. The highest BCUT2D eigenvalue weighted by Crippen LogP contribution is 2.32. The number of piperidine rings is 1. The minimum atomic E-state index is -3.35. The smallest absolute Gasteiger partial charge is 0.227 e. The molecule has 148 valence electrons. The Morgan fingerprint density at radius 1 is 1.19 bits per heavy atom. The van der Waals surface area contributed by atoms with Crippen LogP contribution < -0.4 is 0 Å². The molecule has 0 radical (unpaired) electrons. The number of hydrogen-bond donors (Lipinski definition) is 0. The van der Waals surface area contributed by atoms with Crippen molar-refractivity contribution in [3.63, 3.8) is 0 Å². The summed E-state index contributed by atoms with van der Waals surface area (Å²) in [4.78, 5) is 6.71. The molecule has 7 nitrogen and oxygen atoms in total. The van der Waals surface area contributed by atoms with Gasteiger partial charge in [0, 0.05) is 33.4 Å². The molecule has 1 aliphatic heterocycles. The number of aromatic nitrogens is 2. The van der Waals surface area contributed by atoms with Crippen molar-refractivity contribution in [2.24, 2.45) is 5.92 Å². The molecule has 26 heavy (non-hydrogen) atoms. The standard InChI is InChI=1S/C18H31N3O4S/c1-24-10-9-21-17(12-20-8-4-3-5-16(20)13-25-2)11-19-18(21)26(22,23)14-15-6-7-15/h11,15-16H,3-10,12-14H2,1-2H3/t16-/m0/s1. The van der Waals surface area contributed by atoms with Crippen LogP contribution in [0.2, 0.25) is 0 Å². The summed E-state index contributed by atoms with van der Waals surface area (Å²) in [5.41, 5.74) is 0.944. The lowest BCUT2D eigenvalue weighted by atomic mass is 10.0. The van der Waals surface area contributed by atoms with Crippen molar-refractivity contribution in [1.82, 2.24) is 14.5 Å². The quantitative estimate of drug-likeness (QED) is 0.610. The first-order valence-electron chi connectivity index (χ1n) is 9.54. The Hall–Kier alpha value is -0.960. The summed E-state index contributed by atoms with van der Waals surface area (Å²) < 4.78 is 38.0. The molecular weight excluding hydrogens is 354 g/mol. The van der Waals surface area contributed by atoms with E-state index in [9.17, 15) is 8.42 Å². The second-order valence-electron chi connectivity index (χ2n) is 7.48. The van der Waals surface area contributed by atoms with E-state index in [-0.39, 0.29) is 10.9 Å². The summed E-state index contributed by atoms with van der Waals surface area (Å²) in [5, 5.41) is 0.205. The average Bonchev–Trinajstić information content (AvgIpc) is 3.32. The van der Waals surface area contributed by atoms with Crippen molar-refractivity contribution >= 4 is 9.84 Å². The molecule has 2 fully saturated rings. The van der Waals surface area contributed by atoms with Crippen LogP contribution in [-0.4, -0.2) is 68.6 Å². The molecule has 0 N–H and O–H groups in total. The third kappa shape index (κ3) is 4.85.